The maximum Gasteiger partial charge on any atom is 0.143 e. The number of ketones is 1. The Morgan fingerprint density at radius 3 is 2.71 bits per heavy atom. The van der Waals surface area contributed by atoms with Gasteiger partial charge in [-0.3, -0.25) is 4.79 Å². The Hall–Kier alpha value is -1.74. The number of thioether (sulfide) groups is 1. The van der Waals surface area contributed by atoms with Crippen molar-refractivity contribution in [2.45, 2.75) is 23.7 Å². The highest BCUT2D eigenvalue weighted by Gasteiger charge is 2.23. The van der Waals surface area contributed by atoms with Gasteiger partial charge in [-0.25, -0.2) is 0 Å². The predicted molar refractivity (Wildman–Crippen MR) is 86.1 cm³/mol. The van der Waals surface area contributed by atoms with Gasteiger partial charge in [-0.2, -0.15) is 0 Å². The lowest BCUT2D eigenvalue weighted by Crippen LogP contribution is -2.17. The molecule has 0 amide bonds. The highest BCUT2D eigenvalue weighted by molar-refractivity contribution is 8.00. The Labute approximate surface area is 129 Å². The van der Waals surface area contributed by atoms with Gasteiger partial charge in [0.25, 0.3) is 0 Å². The molecule has 0 N–H and O–H groups in total. The monoisotopic (exact) mass is 298 g/mol. The first-order chi connectivity index (χ1) is 10.3. The van der Waals surface area contributed by atoms with Crippen molar-refractivity contribution in [3.63, 3.8) is 0 Å². The van der Waals surface area contributed by atoms with E-state index >= 15 is 0 Å². The van der Waals surface area contributed by atoms with E-state index in [1.54, 1.807) is 11.8 Å². The zero-order valence-electron chi connectivity index (χ0n) is 11.8. The molecule has 21 heavy (non-hydrogen) atoms. The number of ether oxygens (including phenoxy) is 1. The van der Waals surface area contributed by atoms with E-state index in [1.165, 1.54) is 5.56 Å². The molecule has 0 radical (unpaired) electrons. The summed E-state index contributed by atoms with van der Waals surface area (Å²) < 4.78 is 5.65. The quantitative estimate of drug-likeness (QED) is 0.770. The molecular formula is C18H18O2S. The van der Waals surface area contributed by atoms with Gasteiger partial charge in [0.05, 0.1) is 12.4 Å². The maximum absolute atomic E-state index is 12.2. The van der Waals surface area contributed by atoms with Crippen molar-refractivity contribution >= 4 is 17.5 Å². The lowest BCUT2D eigenvalue weighted by molar-refractivity contribution is -0.117. The standard InChI is InChI=1S/C18H18O2S/c19-15(13-21-16-6-2-1-3-7-16)12-14-10-11-20-18-9-5-4-8-17(14)18/h1-9,14H,10-13H2. The summed E-state index contributed by atoms with van der Waals surface area (Å²) in [6, 6.07) is 18.1. The van der Waals surface area contributed by atoms with Crippen LogP contribution in [0.4, 0.5) is 0 Å². The van der Waals surface area contributed by atoms with E-state index in [-0.39, 0.29) is 0 Å². The SMILES string of the molecule is O=C(CSc1ccccc1)CC1CCOc2ccccc21. The molecule has 0 aliphatic carbocycles. The van der Waals surface area contributed by atoms with Crippen LogP contribution in [0.3, 0.4) is 0 Å². The average Bonchev–Trinajstić information content (AvgIpc) is 2.54. The topological polar surface area (TPSA) is 26.3 Å². The number of Topliss-reactive ketones (excluding diaryl/α,β-unsaturated/α-hetero) is 1. The number of hydrogen-bond acceptors (Lipinski definition) is 3. The van der Waals surface area contributed by atoms with Gasteiger partial charge in [-0.15, -0.1) is 11.8 Å². The minimum atomic E-state index is 0.304. The Kier molecular flexibility index (Phi) is 4.61. The van der Waals surface area contributed by atoms with Crippen molar-refractivity contribution in [3.05, 3.63) is 60.2 Å². The van der Waals surface area contributed by atoms with Crippen molar-refractivity contribution in [3.8, 4) is 5.75 Å². The third-order valence-electron chi connectivity index (χ3n) is 3.70. The first-order valence-electron chi connectivity index (χ1n) is 7.24. The number of para-hydroxylation sites is 1. The Balaban J connectivity index is 1.58. The summed E-state index contributed by atoms with van der Waals surface area (Å²) in [6.45, 7) is 0.709. The fourth-order valence-corrected chi connectivity index (χ4v) is 3.44. The van der Waals surface area contributed by atoms with Crippen LogP contribution in [0.2, 0.25) is 0 Å². The van der Waals surface area contributed by atoms with Crippen LogP contribution in [0, 0.1) is 0 Å². The van der Waals surface area contributed by atoms with E-state index in [2.05, 4.69) is 6.07 Å². The molecule has 1 aliphatic rings. The molecule has 3 rings (SSSR count). The predicted octanol–water partition coefficient (Wildman–Crippen LogP) is 4.30. The van der Waals surface area contributed by atoms with Crippen molar-refractivity contribution in [1.82, 2.24) is 0 Å². The minimum Gasteiger partial charge on any atom is -0.493 e. The van der Waals surface area contributed by atoms with E-state index in [0.717, 1.165) is 17.1 Å². The highest BCUT2D eigenvalue weighted by atomic mass is 32.2. The zero-order chi connectivity index (χ0) is 14.5. The summed E-state index contributed by atoms with van der Waals surface area (Å²) in [5, 5.41) is 0. The second-order valence-corrected chi connectivity index (χ2v) is 6.27. The van der Waals surface area contributed by atoms with Gasteiger partial charge in [0, 0.05) is 11.3 Å². The molecule has 0 aromatic heterocycles. The van der Waals surface area contributed by atoms with Crippen molar-refractivity contribution in [2.24, 2.45) is 0 Å². The van der Waals surface area contributed by atoms with E-state index in [0.29, 0.717) is 30.5 Å². The van der Waals surface area contributed by atoms with E-state index in [4.69, 9.17) is 4.74 Å². The molecule has 0 fully saturated rings. The minimum absolute atomic E-state index is 0.304. The summed E-state index contributed by atoms with van der Waals surface area (Å²) in [6.07, 6.45) is 1.54. The second kappa shape index (κ2) is 6.81. The Morgan fingerprint density at radius 1 is 1.10 bits per heavy atom. The van der Waals surface area contributed by atoms with Crippen molar-refractivity contribution < 1.29 is 9.53 Å². The molecule has 0 bridgehead atoms. The van der Waals surface area contributed by atoms with Gasteiger partial charge >= 0.3 is 0 Å². The molecule has 1 aliphatic heterocycles. The number of carbonyl (C=O) groups excluding carboxylic acids is 1. The van der Waals surface area contributed by atoms with Crippen LogP contribution < -0.4 is 4.74 Å². The van der Waals surface area contributed by atoms with Crippen LogP contribution in [-0.4, -0.2) is 18.1 Å². The van der Waals surface area contributed by atoms with Gasteiger partial charge in [0.15, 0.2) is 0 Å². The summed E-state index contributed by atoms with van der Waals surface area (Å²) in [5.41, 5.74) is 1.18. The first kappa shape index (κ1) is 14.2. The van der Waals surface area contributed by atoms with Crippen LogP contribution >= 0.6 is 11.8 Å². The fourth-order valence-electron chi connectivity index (χ4n) is 2.64. The van der Waals surface area contributed by atoms with Crippen molar-refractivity contribution in [1.29, 1.82) is 0 Å². The Morgan fingerprint density at radius 2 is 1.86 bits per heavy atom. The molecule has 1 heterocycles. The first-order valence-corrected chi connectivity index (χ1v) is 8.23. The molecular weight excluding hydrogens is 280 g/mol. The zero-order valence-corrected chi connectivity index (χ0v) is 12.6. The summed E-state index contributed by atoms with van der Waals surface area (Å²) >= 11 is 1.62. The van der Waals surface area contributed by atoms with Gasteiger partial charge in [0.2, 0.25) is 0 Å². The average molecular weight is 298 g/mol. The van der Waals surface area contributed by atoms with Crippen LogP contribution in [0.25, 0.3) is 0 Å². The maximum atomic E-state index is 12.2. The van der Waals surface area contributed by atoms with Gasteiger partial charge in [-0.05, 0) is 36.1 Å². The van der Waals surface area contributed by atoms with Gasteiger partial charge in [-0.1, -0.05) is 36.4 Å². The molecule has 2 aromatic carbocycles. The van der Waals surface area contributed by atoms with Crippen LogP contribution in [0.1, 0.15) is 24.3 Å². The molecule has 1 atom stereocenters. The number of fused-ring (bicyclic) bond motifs is 1. The van der Waals surface area contributed by atoms with Gasteiger partial charge < -0.3 is 4.74 Å². The number of benzene rings is 2. The highest BCUT2D eigenvalue weighted by Crippen LogP contribution is 2.35. The van der Waals surface area contributed by atoms with E-state index in [9.17, 15) is 4.79 Å². The normalized spacial score (nSPS) is 16.9. The molecule has 1 unspecified atom stereocenters. The molecule has 2 aromatic rings. The third kappa shape index (κ3) is 3.67. The fraction of sp³-hybridized carbons (Fsp3) is 0.278. The summed E-state index contributed by atoms with van der Waals surface area (Å²) in [5.74, 6) is 2.10. The molecule has 3 heteroatoms. The summed E-state index contributed by atoms with van der Waals surface area (Å²) in [7, 11) is 0. The molecule has 2 nitrogen and oxygen atoms in total. The van der Waals surface area contributed by atoms with E-state index < -0.39 is 0 Å². The number of hydrogen-bond donors (Lipinski definition) is 0. The number of carbonyl (C=O) groups is 1. The molecule has 0 saturated heterocycles. The summed E-state index contributed by atoms with van der Waals surface area (Å²) in [4.78, 5) is 13.4. The van der Waals surface area contributed by atoms with Crippen molar-refractivity contribution in [2.75, 3.05) is 12.4 Å². The van der Waals surface area contributed by atoms with Crippen LogP contribution in [-0.2, 0) is 4.79 Å². The second-order valence-electron chi connectivity index (χ2n) is 5.22. The molecule has 108 valence electrons. The smallest absolute Gasteiger partial charge is 0.143 e. The lowest BCUT2D eigenvalue weighted by Gasteiger charge is -2.25. The van der Waals surface area contributed by atoms with E-state index in [1.807, 2.05) is 48.5 Å². The van der Waals surface area contributed by atoms with Crippen LogP contribution in [0.5, 0.6) is 5.75 Å². The lowest BCUT2D eigenvalue weighted by atomic mass is 9.89. The number of rotatable bonds is 5. The van der Waals surface area contributed by atoms with Crippen LogP contribution in [0.15, 0.2) is 59.5 Å². The van der Waals surface area contributed by atoms with Gasteiger partial charge in [0.1, 0.15) is 11.5 Å². The largest absolute Gasteiger partial charge is 0.493 e. The molecule has 0 spiro atoms. The third-order valence-corrected chi connectivity index (χ3v) is 4.77. The Bertz CT molecular complexity index is 610. The molecule has 0 saturated carbocycles.